The number of nitrogens with zero attached hydrogens (tertiary/aromatic N) is 3. The van der Waals surface area contributed by atoms with Crippen molar-refractivity contribution >= 4 is 5.69 Å². The second kappa shape index (κ2) is 7.07. The summed E-state index contributed by atoms with van der Waals surface area (Å²) in [6.45, 7) is 4.89. The van der Waals surface area contributed by atoms with Crippen molar-refractivity contribution in [1.82, 2.24) is 9.80 Å². The summed E-state index contributed by atoms with van der Waals surface area (Å²) in [7, 11) is 3.54. The van der Waals surface area contributed by atoms with Crippen molar-refractivity contribution in [1.29, 1.82) is 0 Å². The molecule has 112 valence electrons. The van der Waals surface area contributed by atoms with Gasteiger partial charge in [-0.05, 0) is 13.1 Å². The average molecular weight is 289 g/mol. The largest absolute Gasteiger partial charge is 0.490 e. The molecule has 1 aromatic rings. The molecule has 21 heavy (non-hydrogen) atoms. The van der Waals surface area contributed by atoms with Crippen LogP contribution in [0.3, 0.4) is 0 Å². The predicted octanol–water partition coefficient (Wildman–Crippen LogP) is 1.20. The quantitative estimate of drug-likeness (QED) is 0.475. The van der Waals surface area contributed by atoms with Crippen LogP contribution in [0, 0.1) is 22.0 Å². The smallest absolute Gasteiger partial charge is 0.310 e. The minimum absolute atomic E-state index is 0.0397. The fraction of sp³-hybridized carbons (Fsp3) is 0.467. The summed E-state index contributed by atoms with van der Waals surface area (Å²) in [6.07, 6.45) is 0. The van der Waals surface area contributed by atoms with Gasteiger partial charge in [0.2, 0.25) is 0 Å². The first kappa shape index (κ1) is 15.3. The number of nitro groups is 1. The second-order valence-corrected chi connectivity index (χ2v) is 5.02. The molecule has 1 aliphatic heterocycles. The highest BCUT2D eigenvalue weighted by Gasteiger charge is 2.14. The van der Waals surface area contributed by atoms with Crippen LogP contribution >= 0.6 is 0 Å². The molecule has 0 radical (unpaired) electrons. The zero-order valence-electron chi connectivity index (χ0n) is 12.3. The Kier molecular flexibility index (Phi) is 5.14. The number of nitro benzene ring substituents is 1. The third-order valence-electron chi connectivity index (χ3n) is 3.51. The van der Waals surface area contributed by atoms with Gasteiger partial charge in [0, 0.05) is 43.9 Å². The van der Waals surface area contributed by atoms with Crippen LogP contribution in [0.5, 0.6) is 5.75 Å². The van der Waals surface area contributed by atoms with E-state index in [9.17, 15) is 10.1 Å². The molecule has 2 rings (SSSR count). The van der Waals surface area contributed by atoms with Gasteiger partial charge in [0.25, 0.3) is 0 Å². The number of ether oxygens (including phenoxy) is 1. The minimum Gasteiger partial charge on any atom is -0.490 e. The van der Waals surface area contributed by atoms with E-state index in [-0.39, 0.29) is 11.4 Å². The zero-order valence-corrected chi connectivity index (χ0v) is 12.3. The highest BCUT2D eigenvalue weighted by molar-refractivity contribution is 5.52. The lowest BCUT2D eigenvalue weighted by molar-refractivity contribution is -0.385. The molecule has 0 spiro atoms. The third kappa shape index (κ3) is 4.18. The lowest BCUT2D eigenvalue weighted by Gasteiger charge is -2.30. The molecular formula is C15H19N3O3. The Labute approximate surface area is 124 Å². The summed E-state index contributed by atoms with van der Waals surface area (Å²) in [5.41, 5.74) is 0.689. The van der Waals surface area contributed by atoms with Crippen molar-refractivity contribution in [2.75, 3.05) is 46.9 Å². The molecule has 0 aromatic heterocycles. The molecule has 0 amide bonds. The predicted molar refractivity (Wildman–Crippen MR) is 80.5 cm³/mol. The summed E-state index contributed by atoms with van der Waals surface area (Å²) in [6, 6.07) is 4.69. The Morgan fingerprint density at radius 2 is 2.05 bits per heavy atom. The van der Waals surface area contributed by atoms with Crippen LogP contribution in [-0.2, 0) is 0 Å². The average Bonchev–Trinajstić information content (AvgIpc) is 2.49. The summed E-state index contributed by atoms with van der Waals surface area (Å²) >= 11 is 0. The first-order valence-electron chi connectivity index (χ1n) is 6.82. The number of benzene rings is 1. The molecule has 0 unspecified atom stereocenters. The standard InChI is InChI=1S/C15H19N3O3/c1-16-8-10-17(11-9-16)7-3-4-13-5-6-14(18(19)20)15(12-13)21-2/h5-6,12H,7-11H2,1-2H3. The normalized spacial score (nSPS) is 16.1. The van der Waals surface area contributed by atoms with Gasteiger partial charge in [0.05, 0.1) is 18.6 Å². The van der Waals surface area contributed by atoms with Gasteiger partial charge in [-0.3, -0.25) is 15.0 Å². The summed E-state index contributed by atoms with van der Waals surface area (Å²) in [4.78, 5) is 15.0. The van der Waals surface area contributed by atoms with E-state index in [0.29, 0.717) is 6.54 Å². The molecule has 1 aliphatic rings. The van der Waals surface area contributed by atoms with Crippen molar-refractivity contribution in [2.45, 2.75) is 0 Å². The van der Waals surface area contributed by atoms with Gasteiger partial charge in [-0.15, -0.1) is 0 Å². The molecule has 0 aliphatic carbocycles. The Hall–Kier alpha value is -2.10. The van der Waals surface area contributed by atoms with Crippen LogP contribution in [0.4, 0.5) is 5.69 Å². The van der Waals surface area contributed by atoms with Crippen LogP contribution in [0.1, 0.15) is 5.56 Å². The SMILES string of the molecule is COc1cc(C#CCN2CCN(C)CC2)ccc1[N+](=O)[O-]. The fourth-order valence-electron chi connectivity index (χ4n) is 2.17. The molecule has 0 saturated carbocycles. The summed E-state index contributed by atoms with van der Waals surface area (Å²) in [5, 5.41) is 10.8. The van der Waals surface area contributed by atoms with Crippen molar-refractivity contribution in [3.05, 3.63) is 33.9 Å². The van der Waals surface area contributed by atoms with Crippen LogP contribution in [0.2, 0.25) is 0 Å². The van der Waals surface area contributed by atoms with Crippen LogP contribution < -0.4 is 4.74 Å². The number of likely N-dealkylation sites (N-methyl/N-ethyl adjacent to an activating group) is 1. The van der Waals surface area contributed by atoms with Crippen LogP contribution in [0.25, 0.3) is 0 Å². The van der Waals surface area contributed by atoms with Gasteiger partial charge < -0.3 is 9.64 Å². The number of rotatable bonds is 3. The third-order valence-corrected chi connectivity index (χ3v) is 3.51. The molecule has 1 saturated heterocycles. The zero-order chi connectivity index (χ0) is 15.2. The van der Waals surface area contributed by atoms with Gasteiger partial charge in [-0.2, -0.15) is 0 Å². The maximum atomic E-state index is 10.8. The topological polar surface area (TPSA) is 58.8 Å². The Bertz CT molecular complexity index is 569. The molecule has 0 bridgehead atoms. The maximum absolute atomic E-state index is 10.8. The molecule has 6 heteroatoms. The van der Waals surface area contributed by atoms with E-state index in [0.717, 1.165) is 31.7 Å². The molecule has 6 nitrogen and oxygen atoms in total. The van der Waals surface area contributed by atoms with E-state index in [1.807, 2.05) is 0 Å². The van der Waals surface area contributed by atoms with Crippen LogP contribution in [-0.4, -0.2) is 61.6 Å². The lowest BCUT2D eigenvalue weighted by atomic mass is 10.2. The van der Waals surface area contributed by atoms with Crippen molar-refractivity contribution in [3.8, 4) is 17.6 Å². The van der Waals surface area contributed by atoms with Crippen LogP contribution in [0.15, 0.2) is 18.2 Å². The first-order valence-corrected chi connectivity index (χ1v) is 6.82. The van der Waals surface area contributed by atoms with E-state index < -0.39 is 4.92 Å². The number of hydrogen-bond donors (Lipinski definition) is 0. The molecule has 0 atom stereocenters. The molecule has 1 heterocycles. The van der Waals surface area contributed by atoms with Gasteiger partial charge in [0.1, 0.15) is 0 Å². The van der Waals surface area contributed by atoms with Crippen molar-refractivity contribution in [2.24, 2.45) is 0 Å². The fourth-order valence-corrected chi connectivity index (χ4v) is 2.17. The van der Waals surface area contributed by atoms with Crippen molar-refractivity contribution < 1.29 is 9.66 Å². The Balaban J connectivity index is 2.00. The van der Waals surface area contributed by atoms with E-state index in [4.69, 9.17) is 4.74 Å². The Morgan fingerprint density at radius 3 is 2.67 bits per heavy atom. The first-order chi connectivity index (χ1) is 10.1. The molecule has 1 aromatic carbocycles. The van der Waals surface area contributed by atoms with Gasteiger partial charge in [0.15, 0.2) is 5.75 Å². The number of hydrogen-bond acceptors (Lipinski definition) is 5. The monoisotopic (exact) mass is 289 g/mol. The number of methoxy groups -OCH3 is 1. The Morgan fingerprint density at radius 1 is 1.33 bits per heavy atom. The summed E-state index contributed by atoms with van der Waals surface area (Å²) in [5.74, 6) is 6.40. The van der Waals surface area contributed by atoms with Gasteiger partial charge >= 0.3 is 5.69 Å². The second-order valence-electron chi connectivity index (χ2n) is 5.02. The van der Waals surface area contributed by atoms with E-state index >= 15 is 0 Å². The lowest BCUT2D eigenvalue weighted by Crippen LogP contribution is -2.44. The molecular weight excluding hydrogens is 270 g/mol. The maximum Gasteiger partial charge on any atom is 0.310 e. The van der Waals surface area contributed by atoms with Crippen molar-refractivity contribution in [3.63, 3.8) is 0 Å². The highest BCUT2D eigenvalue weighted by atomic mass is 16.6. The summed E-state index contributed by atoms with van der Waals surface area (Å²) < 4.78 is 5.03. The van der Waals surface area contributed by atoms with Gasteiger partial charge in [-0.25, -0.2) is 0 Å². The highest BCUT2D eigenvalue weighted by Crippen LogP contribution is 2.27. The van der Waals surface area contributed by atoms with E-state index in [2.05, 4.69) is 28.7 Å². The number of piperazine rings is 1. The molecule has 0 N–H and O–H groups in total. The minimum atomic E-state index is -0.458. The van der Waals surface area contributed by atoms with E-state index in [1.165, 1.54) is 13.2 Å². The van der Waals surface area contributed by atoms with Gasteiger partial charge in [-0.1, -0.05) is 11.8 Å². The molecule has 1 fully saturated rings. The van der Waals surface area contributed by atoms with E-state index in [1.54, 1.807) is 12.1 Å².